The topological polar surface area (TPSA) is 52.6 Å². The van der Waals surface area contributed by atoms with Gasteiger partial charge in [-0.25, -0.2) is 4.98 Å². The molecule has 0 saturated carbocycles. The van der Waals surface area contributed by atoms with Gasteiger partial charge < -0.3 is 15.5 Å². The van der Waals surface area contributed by atoms with Crippen molar-refractivity contribution in [3.8, 4) is 0 Å². The number of thiazole rings is 1. The van der Waals surface area contributed by atoms with E-state index >= 15 is 0 Å². The van der Waals surface area contributed by atoms with Gasteiger partial charge >= 0.3 is 0 Å². The molecule has 0 spiro atoms. The third-order valence-corrected chi connectivity index (χ3v) is 5.43. The fraction of sp³-hybridized carbons (Fsp3) is 0.778. The van der Waals surface area contributed by atoms with Crippen LogP contribution in [0.1, 0.15) is 49.4 Å². The van der Waals surface area contributed by atoms with Crippen molar-refractivity contribution in [1.82, 2.24) is 20.5 Å². The highest BCUT2D eigenvalue weighted by Gasteiger charge is 2.16. The minimum atomic E-state index is 0. The summed E-state index contributed by atoms with van der Waals surface area (Å²) >= 11 is 1.77. The van der Waals surface area contributed by atoms with Crippen LogP contribution in [0.5, 0.6) is 0 Å². The minimum absolute atomic E-state index is 0. The Morgan fingerprint density at radius 1 is 1.40 bits per heavy atom. The van der Waals surface area contributed by atoms with Gasteiger partial charge in [0.15, 0.2) is 5.96 Å². The van der Waals surface area contributed by atoms with Crippen LogP contribution in [0, 0.1) is 6.92 Å². The zero-order valence-electron chi connectivity index (χ0n) is 15.9. The first-order valence-electron chi connectivity index (χ1n) is 9.36. The molecule has 1 aliphatic rings. The lowest BCUT2D eigenvalue weighted by molar-refractivity contribution is 0.160. The van der Waals surface area contributed by atoms with E-state index in [0.29, 0.717) is 0 Å². The molecule has 1 atom stereocenters. The Morgan fingerprint density at radius 2 is 2.24 bits per heavy atom. The van der Waals surface area contributed by atoms with Crippen molar-refractivity contribution in [2.45, 2.75) is 58.9 Å². The van der Waals surface area contributed by atoms with Crippen LogP contribution in [0.25, 0.3) is 0 Å². The molecule has 1 unspecified atom stereocenters. The molecule has 0 amide bonds. The maximum atomic E-state index is 4.71. The Labute approximate surface area is 174 Å². The van der Waals surface area contributed by atoms with Gasteiger partial charge in [-0.05, 0) is 46.6 Å². The predicted octanol–water partition coefficient (Wildman–Crippen LogP) is 3.43. The maximum Gasteiger partial charge on any atom is 0.191 e. The normalized spacial score (nSPS) is 18.7. The average molecular weight is 479 g/mol. The van der Waals surface area contributed by atoms with E-state index in [-0.39, 0.29) is 24.0 Å². The van der Waals surface area contributed by atoms with E-state index in [1.54, 1.807) is 11.3 Å². The number of piperidine rings is 1. The average Bonchev–Trinajstić information content (AvgIpc) is 2.98. The lowest BCUT2D eigenvalue weighted by Crippen LogP contribution is -2.39. The second-order valence-corrected chi connectivity index (χ2v) is 7.86. The third-order valence-electron chi connectivity index (χ3n) is 4.46. The second kappa shape index (κ2) is 12.9. The van der Waals surface area contributed by atoms with Gasteiger partial charge in [-0.15, -0.1) is 35.3 Å². The lowest BCUT2D eigenvalue weighted by atomic mass is 10.0. The van der Waals surface area contributed by atoms with Gasteiger partial charge in [0, 0.05) is 49.7 Å². The van der Waals surface area contributed by atoms with Gasteiger partial charge in [0.05, 0.1) is 5.01 Å². The molecule has 25 heavy (non-hydrogen) atoms. The molecule has 1 aromatic heterocycles. The van der Waals surface area contributed by atoms with E-state index in [0.717, 1.165) is 44.5 Å². The number of likely N-dealkylation sites (tertiary alicyclic amines) is 1. The number of aryl methyl sites for hydroxylation is 1. The Morgan fingerprint density at radius 3 is 2.92 bits per heavy atom. The molecular formula is C18H34IN5S. The van der Waals surface area contributed by atoms with Crippen LogP contribution < -0.4 is 10.6 Å². The molecule has 2 N–H and O–H groups in total. The third kappa shape index (κ3) is 8.68. The molecule has 2 rings (SSSR count). The smallest absolute Gasteiger partial charge is 0.191 e. The number of guanidine groups is 1. The first-order valence-corrected chi connectivity index (χ1v) is 10.2. The van der Waals surface area contributed by atoms with E-state index in [4.69, 9.17) is 4.99 Å². The van der Waals surface area contributed by atoms with Crippen molar-refractivity contribution >= 4 is 41.3 Å². The largest absolute Gasteiger partial charge is 0.357 e. The van der Waals surface area contributed by atoms with E-state index < -0.39 is 0 Å². The van der Waals surface area contributed by atoms with Crippen LogP contribution in [-0.2, 0) is 6.42 Å². The van der Waals surface area contributed by atoms with Crippen molar-refractivity contribution in [1.29, 1.82) is 0 Å². The van der Waals surface area contributed by atoms with Gasteiger partial charge in [0.1, 0.15) is 0 Å². The number of aliphatic imine (C=N–C) groups is 1. The number of halogens is 1. The van der Waals surface area contributed by atoms with Crippen LogP contribution in [0.4, 0.5) is 0 Å². The van der Waals surface area contributed by atoms with Crippen molar-refractivity contribution in [3.63, 3.8) is 0 Å². The van der Waals surface area contributed by atoms with Gasteiger partial charge in [-0.3, -0.25) is 4.99 Å². The SMILES string of the molecule is CCNC(=NCCCN1CCCCC1C)NCCc1ncc(C)s1.I. The summed E-state index contributed by atoms with van der Waals surface area (Å²) in [5.74, 6) is 0.928. The van der Waals surface area contributed by atoms with Gasteiger partial charge in [-0.2, -0.15) is 0 Å². The van der Waals surface area contributed by atoms with Crippen LogP contribution in [0.15, 0.2) is 11.2 Å². The minimum Gasteiger partial charge on any atom is -0.357 e. The number of aromatic nitrogens is 1. The number of hydrogen-bond acceptors (Lipinski definition) is 4. The highest BCUT2D eigenvalue weighted by atomic mass is 127. The number of nitrogens with one attached hydrogen (secondary N) is 2. The number of nitrogens with zero attached hydrogens (tertiary/aromatic N) is 3. The molecule has 5 nitrogen and oxygen atoms in total. The molecule has 7 heteroatoms. The number of hydrogen-bond donors (Lipinski definition) is 2. The molecule has 1 fully saturated rings. The fourth-order valence-corrected chi connectivity index (χ4v) is 3.89. The van der Waals surface area contributed by atoms with Gasteiger partial charge in [0.25, 0.3) is 0 Å². The Bertz CT molecular complexity index is 505. The highest BCUT2D eigenvalue weighted by molar-refractivity contribution is 14.0. The van der Waals surface area contributed by atoms with Gasteiger partial charge in [0.2, 0.25) is 0 Å². The zero-order valence-corrected chi connectivity index (χ0v) is 19.0. The Hall–Kier alpha value is -0.410. The summed E-state index contributed by atoms with van der Waals surface area (Å²) in [5, 5.41) is 7.94. The van der Waals surface area contributed by atoms with Crippen LogP contribution in [0.3, 0.4) is 0 Å². The second-order valence-electron chi connectivity index (χ2n) is 6.54. The lowest BCUT2D eigenvalue weighted by Gasteiger charge is -2.33. The molecule has 0 aromatic carbocycles. The molecular weight excluding hydrogens is 445 g/mol. The molecule has 1 saturated heterocycles. The van der Waals surface area contributed by atoms with E-state index in [9.17, 15) is 0 Å². The summed E-state index contributed by atoms with van der Waals surface area (Å²) in [5.41, 5.74) is 0. The summed E-state index contributed by atoms with van der Waals surface area (Å²) in [4.78, 5) is 13.0. The molecule has 2 heterocycles. The van der Waals surface area contributed by atoms with Crippen LogP contribution in [-0.4, -0.2) is 54.6 Å². The molecule has 1 aliphatic heterocycles. The van der Waals surface area contributed by atoms with Crippen molar-refractivity contribution < 1.29 is 0 Å². The summed E-state index contributed by atoms with van der Waals surface area (Å²) in [6, 6.07) is 0.746. The van der Waals surface area contributed by atoms with Crippen molar-refractivity contribution in [2.24, 2.45) is 4.99 Å². The van der Waals surface area contributed by atoms with E-state index in [2.05, 4.69) is 41.3 Å². The first-order chi connectivity index (χ1) is 11.7. The maximum absolute atomic E-state index is 4.71. The van der Waals surface area contributed by atoms with Gasteiger partial charge in [-0.1, -0.05) is 6.42 Å². The molecule has 0 bridgehead atoms. The zero-order chi connectivity index (χ0) is 17.2. The number of rotatable bonds is 8. The molecule has 0 radical (unpaired) electrons. The Balaban J connectivity index is 0.00000312. The molecule has 1 aromatic rings. The van der Waals surface area contributed by atoms with E-state index in [1.165, 1.54) is 42.2 Å². The summed E-state index contributed by atoms with van der Waals surface area (Å²) in [6.45, 7) is 11.6. The molecule has 144 valence electrons. The Kier molecular flexibility index (Phi) is 11.6. The monoisotopic (exact) mass is 479 g/mol. The highest BCUT2D eigenvalue weighted by Crippen LogP contribution is 2.16. The summed E-state index contributed by atoms with van der Waals surface area (Å²) < 4.78 is 0. The summed E-state index contributed by atoms with van der Waals surface area (Å²) in [7, 11) is 0. The van der Waals surface area contributed by atoms with Crippen LogP contribution in [0.2, 0.25) is 0 Å². The fourth-order valence-electron chi connectivity index (χ4n) is 3.10. The first kappa shape index (κ1) is 22.6. The van der Waals surface area contributed by atoms with E-state index in [1.807, 2.05) is 6.20 Å². The standard InChI is InChI=1S/C18H33N5S.HI/c1-4-19-18(21-11-9-17-22-14-16(3)24-17)20-10-7-13-23-12-6-5-8-15(23)2;/h14-15H,4-13H2,1-3H3,(H2,19,20,21);1H. The molecule has 0 aliphatic carbocycles. The van der Waals surface area contributed by atoms with Crippen LogP contribution >= 0.6 is 35.3 Å². The van der Waals surface area contributed by atoms with Crippen molar-refractivity contribution in [3.05, 3.63) is 16.1 Å². The summed E-state index contributed by atoms with van der Waals surface area (Å²) in [6.07, 6.45) is 8.13. The van der Waals surface area contributed by atoms with Crippen molar-refractivity contribution in [2.75, 3.05) is 32.7 Å². The predicted molar refractivity (Wildman–Crippen MR) is 119 cm³/mol. The quantitative estimate of drug-likeness (QED) is 0.260.